The van der Waals surface area contributed by atoms with Crippen LogP contribution in [0.1, 0.15) is 6.42 Å². The van der Waals surface area contributed by atoms with E-state index in [-0.39, 0.29) is 50.3 Å². The fourth-order valence-electron chi connectivity index (χ4n) is 0.759. The Morgan fingerprint density at radius 2 is 2.17 bits per heavy atom. The van der Waals surface area contributed by atoms with Gasteiger partial charge in [0.15, 0.2) is 5.17 Å². The van der Waals surface area contributed by atoms with Crippen molar-refractivity contribution in [2.45, 2.75) is 11.7 Å². The highest BCUT2D eigenvalue weighted by molar-refractivity contribution is 8.93. The van der Waals surface area contributed by atoms with Crippen LogP contribution in [0.4, 0.5) is 0 Å². The third kappa shape index (κ3) is 3.88. The second kappa shape index (κ2) is 6.88. The summed E-state index contributed by atoms with van der Waals surface area (Å²) < 4.78 is 0. The Balaban J connectivity index is 0. The average molecular weight is 321 g/mol. The Hall–Kier alpha value is 0.410. The molecule has 0 aromatic carbocycles. The van der Waals surface area contributed by atoms with E-state index in [4.69, 9.17) is 11.1 Å². The third-order valence-electron chi connectivity index (χ3n) is 1.22. The van der Waals surface area contributed by atoms with E-state index in [0.29, 0.717) is 13.0 Å². The third-order valence-corrected chi connectivity index (χ3v) is 2.29. The number of carbonyl (C=O) groups is 1. The first-order valence-corrected chi connectivity index (χ1v) is 3.88. The summed E-state index contributed by atoms with van der Waals surface area (Å²) in [5.74, 6) is -0.0829. The van der Waals surface area contributed by atoms with E-state index in [1.165, 1.54) is 11.8 Å². The highest BCUT2D eigenvalue weighted by atomic mass is 79.9. The minimum atomic E-state index is -0.127. The number of rotatable bonds is 2. The summed E-state index contributed by atoms with van der Waals surface area (Å²) in [6.45, 7) is 0.498. The van der Waals surface area contributed by atoms with Gasteiger partial charge < -0.3 is 11.1 Å². The van der Waals surface area contributed by atoms with Gasteiger partial charge >= 0.3 is 0 Å². The van der Waals surface area contributed by atoms with Crippen molar-refractivity contribution in [2.75, 3.05) is 6.54 Å². The number of thioether (sulfide) groups is 1. The second-order valence-electron chi connectivity index (χ2n) is 2.00. The molecule has 1 fully saturated rings. The number of amidine groups is 1. The molecule has 0 aromatic rings. The maximum Gasteiger partial charge on any atom is 0.239 e. The molecule has 7 heteroatoms. The van der Waals surface area contributed by atoms with Crippen molar-refractivity contribution in [3.63, 3.8) is 0 Å². The molecule has 1 atom stereocenters. The molecule has 1 aliphatic rings. The van der Waals surface area contributed by atoms with Crippen molar-refractivity contribution < 1.29 is 4.79 Å². The van der Waals surface area contributed by atoms with E-state index in [9.17, 15) is 4.79 Å². The lowest BCUT2D eigenvalue weighted by molar-refractivity contribution is -0.118. The van der Waals surface area contributed by atoms with Crippen LogP contribution in [0.5, 0.6) is 0 Å². The van der Waals surface area contributed by atoms with Crippen molar-refractivity contribution >= 4 is 56.8 Å². The lowest BCUT2D eigenvalue weighted by atomic mass is 10.3. The van der Waals surface area contributed by atoms with Gasteiger partial charge in [-0.3, -0.25) is 10.2 Å². The zero-order valence-electron chi connectivity index (χ0n) is 6.20. The number of carbonyl (C=O) groups excluding carboxylic acids is 1. The summed E-state index contributed by atoms with van der Waals surface area (Å²) in [6.07, 6.45) is 0.652. The van der Waals surface area contributed by atoms with E-state index in [1.807, 2.05) is 0 Å². The maximum absolute atomic E-state index is 10.8. The maximum atomic E-state index is 10.8. The quantitative estimate of drug-likeness (QED) is 0.699. The number of nitrogens with one attached hydrogen (secondary N) is 2. The number of hydrogen-bond acceptors (Lipinski definition) is 4. The molecule has 1 amide bonds. The van der Waals surface area contributed by atoms with E-state index in [2.05, 4.69) is 5.32 Å². The highest BCUT2D eigenvalue weighted by Crippen LogP contribution is 2.19. The first-order valence-electron chi connectivity index (χ1n) is 3.00. The van der Waals surface area contributed by atoms with Crippen molar-refractivity contribution in [3.05, 3.63) is 0 Å². The Morgan fingerprint density at radius 1 is 1.58 bits per heavy atom. The van der Waals surface area contributed by atoms with Gasteiger partial charge in [0.25, 0.3) is 0 Å². The van der Waals surface area contributed by atoms with Crippen molar-refractivity contribution in [3.8, 4) is 0 Å². The summed E-state index contributed by atoms with van der Waals surface area (Å²) >= 11 is 1.24. The summed E-state index contributed by atoms with van der Waals surface area (Å²) in [5.41, 5.74) is 5.25. The minimum Gasteiger partial charge on any atom is -0.330 e. The van der Waals surface area contributed by atoms with Gasteiger partial charge in [-0.2, -0.15) is 0 Å². The standard InChI is InChI=1S/C5H9N3OS.2BrH/c6-2-1-3-4(9)8-5(7)10-3;;/h3H,1-2,6H2,(H2,7,8,9);2*1H. The van der Waals surface area contributed by atoms with Crippen LogP contribution >= 0.6 is 45.7 Å². The van der Waals surface area contributed by atoms with Crippen LogP contribution in [0, 0.1) is 5.41 Å². The van der Waals surface area contributed by atoms with E-state index in [1.54, 1.807) is 0 Å². The van der Waals surface area contributed by atoms with Crippen LogP contribution in [0.3, 0.4) is 0 Å². The molecule has 0 saturated carbocycles. The minimum absolute atomic E-state index is 0. The van der Waals surface area contributed by atoms with Crippen molar-refractivity contribution in [1.82, 2.24) is 5.32 Å². The number of nitrogens with two attached hydrogens (primary N) is 1. The van der Waals surface area contributed by atoms with Crippen LogP contribution in [0.2, 0.25) is 0 Å². The molecule has 12 heavy (non-hydrogen) atoms. The first-order chi connectivity index (χ1) is 4.74. The van der Waals surface area contributed by atoms with Crippen LogP contribution in [-0.2, 0) is 4.79 Å². The van der Waals surface area contributed by atoms with Gasteiger partial charge in [0.1, 0.15) is 0 Å². The topological polar surface area (TPSA) is 79.0 Å². The van der Waals surface area contributed by atoms with Gasteiger partial charge in [-0.1, -0.05) is 11.8 Å². The molecule has 0 aromatic heterocycles. The summed E-state index contributed by atoms with van der Waals surface area (Å²) in [6, 6.07) is 0. The molecule has 0 spiro atoms. The zero-order valence-corrected chi connectivity index (χ0v) is 10.4. The largest absolute Gasteiger partial charge is 0.330 e. The van der Waals surface area contributed by atoms with Crippen LogP contribution < -0.4 is 11.1 Å². The zero-order chi connectivity index (χ0) is 7.56. The smallest absolute Gasteiger partial charge is 0.239 e. The molecule has 1 rings (SSSR count). The fraction of sp³-hybridized carbons (Fsp3) is 0.600. The van der Waals surface area contributed by atoms with Crippen molar-refractivity contribution in [1.29, 1.82) is 5.41 Å². The molecule has 1 unspecified atom stereocenters. The predicted octanol–water partition coefficient (Wildman–Crippen LogP) is 0.657. The van der Waals surface area contributed by atoms with E-state index >= 15 is 0 Å². The molecule has 0 bridgehead atoms. The Kier molecular flexibility index (Phi) is 8.54. The Morgan fingerprint density at radius 3 is 2.50 bits per heavy atom. The second-order valence-corrected chi connectivity index (χ2v) is 3.22. The van der Waals surface area contributed by atoms with Crippen LogP contribution in [0.25, 0.3) is 0 Å². The van der Waals surface area contributed by atoms with Gasteiger partial charge in [-0.15, -0.1) is 34.0 Å². The molecule has 4 nitrogen and oxygen atoms in total. The Bertz CT molecular complexity index is 178. The molecule has 4 N–H and O–H groups in total. The summed E-state index contributed by atoms with van der Waals surface area (Å²) in [4.78, 5) is 10.8. The van der Waals surface area contributed by atoms with Crippen LogP contribution in [-0.4, -0.2) is 22.9 Å². The molecule has 72 valence electrons. The molecule has 0 aliphatic carbocycles. The average Bonchev–Trinajstić information content (AvgIpc) is 2.13. The molecule has 1 saturated heterocycles. The molecule has 1 heterocycles. The summed E-state index contributed by atoms with van der Waals surface area (Å²) in [5, 5.41) is 9.59. The van der Waals surface area contributed by atoms with Gasteiger partial charge in [-0.25, -0.2) is 0 Å². The van der Waals surface area contributed by atoms with Gasteiger partial charge in [0.2, 0.25) is 5.91 Å². The molecule has 1 aliphatic heterocycles. The van der Waals surface area contributed by atoms with Crippen molar-refractivity contribution in [2.24, 2.45) is 5.73 Å². The molecular formula is C5H11Br2N3OS. The predicted molar refractivity (Wildman–Crippen MR) is 61.6 cm³/mol. The lowest BCUT2D eigenvalue weighted by Crippen LogP contribution is -2.25. The lowest BCUT2D eigenvalue weighted by Gasteiger charge is -1.99. The van der Waals surface area contributed by atoms with Crippen LogP contribution in [0.15, 0.2) is 0 Å². The number of hydrogen-bond donors (Lipinski definition) is 3. The first kappa shape index (κ1) is 14.9. The van der Waals surface area contributed by atoms with Gasteiger partial charge in [0, 0.05) is 0 Å². The van der Waals surface area contributed by atoms with E-state index in [0.717, 1.165) is 0 Å². The number of amides is 1. The number of halogens is 2. The molecular weight excluding hydrogens is 310 g/mol. The fourth-order valence-corrected chi connectivity index (χ4v) is 1.62. The van der Waals surface area contributed by atoms with Gasteiger partial charge in [-0.05, 0) is 13.0 Å². The summed E-state index contributed by atoms with van der Waals surface area (Å²) in [7, 11) is 0. The Labute approximate surface area is 96.1 Å². The van der Waals surface area contributed by atoms with Gasteiger partial charge in [0.05, 0.1) is 5.25 Å². The normalized spacial score (nSPS) is 20.9. The SMILES string of the molecule is Br.Br.N=C1NC(=O)C(CCN)S1. The highest BCUT2D eigenvalue weighted by Gasteiger charge is 2.27. The molecule has 0 radical (unpaired) electrons. The van der Waals surface area contributed by atoms with E-state index < -0.39 is 0 Å². The monoisotopic (exact) mass is 319 g/mol.